The van der Waals surface area contributed by atoms with Gasteiger partial charge in [0.05, 0.1) is 32.6 Å². The molecule has 0 saturated carbocycles. The molecule has 0 unspecified atom stereocenters. The summed E-state index contributed by atoms with van der Waals surface area (Å²) in [4.78, 5) is 28.3. The van der Waals surface area contributed by atoms with Gasteiger partial charge in [-0.05, 0) is 30.3 Å². The number of nitrogens with zero attached hydrogens (tertiary/aromatic N) is 1. The average molecular weight is 430 g/mol. The summed E-state index contributed by atoms with van der Waals surface area (Å²) in [5.74, 6) is 0.539. The van der Waals surface area contributed by atoms with E-state index in [1.807, 2.05) is 0 Å². The van der Waals surface area contributed by atoms with Gasteiger partial charge in [0.25, 0.3) is 11.8 Å². The van der Waals surface area contributed by atoms with Crippen LogP contribution in [0.1, 0.15) is 5.56 Å². The predicted octanol–water partition coefficient (Wildman–Crippen LogP) is 4.11. The highest BCUT2D eigenvalue weighted by atomic mass is 16.5. The van der Waals surface area contributed by atoms with Gasteiger partial charge in [0, 0.05) is 17.3 Å². The van der Waals surface area contributed by atoms with Gasteiger partial charge in [0.2, 0.25) is 0 Å². The van der Waals surface area contributed by atoms with Crippen molar-refractivity contribution in [2.75, 3.05) is 31.5 Å². The summed E-state index contributed by atoms with van der Waals surface area (Å²) < 4.78 is 16.2. The number of hydrogen-bond donors (Lipinski definition) is 1. The highest BCUT2D eigenvalue weighted by Crippen LogP contribution is 2.40. The van der Waals surface area contributed by atoms with Crippen molar-refractivity contribution in [1.82, 2.24) is 0 Å². The predicted molar refractivity (Wildman–Crippen MR) is 122 cm³/mol. The van der Waals surface area contributed by atoms with E-state index in [4.69, 9.17) is 14.2 Å². The molecular formula is C25H22N2O5. The minimum absolute atomic E-state index is 0.138. The standard InChI is InChI=1S/C25H22N2O5/c1-30-17-10-8-9-16(15-17)26-23-22(18-11-4-6-13-20(18)31-2)24(28)27(25(23)29)19-12-5-7-14-21(19)32-3/h4-15,26H,1-3H3. The lowest BCUT2D eigenvalue weighted by Crippen LogP contribution is -2.32. The SMILES string of the molecule is COc1cccc(NC2=C(c3ccccc3OC)C(=O)N(c3ccccc3OC)C2=O)c1. The third kappa shape index (κ3) is 3.65. The zero-order valence-corrected chi connectivity index (χ0v) is 17.9. The number of nitrogens with one attached hydrogen (secondary N) is 1. The molecular weight excluding hydrogens is 408 g/mol. The van der Waals surface area contributed by atoms with Crippen LogP contribution in [-0.2, 0) is 9.59 Å². The van der Waals surface area contributed by atoms with Gasteiger partial charge in [-0.15, -0.1) is 0 Å². The number of rotatable bonds is 7. The first kappa shape index (κ1) is 21.0. The quantitative estimate of drug-likeness (QED) is 0.569. The Labute approximate surface area is 185 Å². The summed E-state index contributed by atoms with van der Waals surface area (Å²) in [5.41, 5.74) is 1.82. The number of hydrogen-bond acceptors (Lipinski definition) is 6. The number of imide groups is 1. The first-order valence-electron chi connectivity index (χ1n) is 9.89. The molecule has 162 valence electrons. The van der Waals surface area contributed by atoms with E-state index in [9.17, 15) is 9.59 Å². The average Bonchev–Trinajstić information content (AvgIpc) is 3.07. The Hall–Kier alpha value is -4.26. The Balaban J connectivity index is 1.88. The first-order valence-corrected chi connectivity index (χ1v) is 9.89. The van der Waals surface area contributed by atoms with Gasteiger partial charge in [-0.1, -0.05) is 36.4 Å². The number of carbonyl (C=O) groups is 2. The van der Waals surface area contributed by atoms with Crippen molar-refractivity contribution in [3.05, 3.63) is 84.1 Å². The van der Waals surface area contributed by atoms with Crippen LogP contribution in [0.3, 0.4) is 0 Å². The van der Waals surface area contributed by atoms with E-state index in [-0.39, 0.29) is 11.3 Å². The molecule has 1 aliphatic rings. The van der Waals surface area contributed by atoms with Crippen molar-refractivity contribution in [2.45, 2.75) is 0 Å². The van der Waals surface area contributed by atoms with Gasteiger partial charge in [-0.3, -0.25) is 9.59 Å². The van der Waals surface area contributed by atoms with Crippen molar-refractivity contribution in [3.63, 3.8) is 0 Å². The molecule has 0 bridgehead atoms. The number of ether oxygens (including phenoxy) is 3. The molecule has 7 nitrogen and oxygen atoms in total. The maximum Gasteiger partial charge on any atom is 0.282 e. The van der Waals surface area contributed by atoms with E-state index < -0.39 is 11.8 Å². The molecule has 0 aliphatic carbocycles. The summed E-state index contributed by atoms with van der Waals surface area (Å²) in [6.45, 7) is 0. The van der Waals surface area contributed by atoms with Crippen LogP contribution in [0, 0.1) is 0 Å². The Morgan fingerprint density at radius 2 is 1.41 bits per heavy atom. The molecule has 0 fully saturated rings. The van der Waals surface area contributed by atoms with Crippen LogP contribution in [0.25, 0.3) is 5.57 Å². The summed E-state index contributed by atoms with van der Waals surface area (Å²) in [5, 5.41) is 3.12. The van der Waals surface area contributed by atoms with Crippen LogP contribution >= 0.6 is 0 Å². The molecule has 0 aromatic heterocycles. The zero-order chi connectivity index (χ0) is 22.7. The summed E-state index contributed by atoms with van der Waals surface area (Å²) >= 11 is 0. The molecule has 1 aliphatic heterocycles. The van der Waals surface area contributed by atoms with Crippen LogP contribution in [0.2, 0.25) is 0 Å². The molecule has 4 rings (SSSR count). The van der Waals surface area contributed by atoms with E-state index in [1.54, 1.807) is 79.9 Å². The van der Waals surface area contributed by atoms with Crippen LogP contribution in [0.4, 0.5) is 11.4 Å². The molecule has 32 heavy (non-hydrogen) atoms. The second kappa shape index (κ2) is 8.85. The Morgan fingerprint density at radius 3 is 2.12 bits per heavy atom. The second-order valence-corrected chi connectivity index (χ2v) is 6.92. The lowest BCUT2D eigenvalue weighted by molar-refractivity contribution is -0.120. The van der Waals surface area contributed by atoms with E-state index in [1.165, 1.54) is 14.2 Å². The van der Waals surface area contributed by atoms with Crippen molar-refractivity contribution < 1.29 is 23.8 Å². The second-order valence-electron chi connectivity index (χ2n) is 6.92. The maximum atomic E-state index is 13.6. The van der Waals surface area contributed by atoms with Crippen molar-refractivity contribution in [1.29, 1.82) is 0 Å². The fourth-order valence-electron chi connectivity index (χ4n) is 3.63. The molecule has 1 N–H and O–H groups in total. The van der Waals surface area contributed by atoms with Crippen LogP contribution < -0.4 is 24.4 Å². The normalized spacial score (nSPS) is 13.4. The molecule has 0 saturated heterocycles. The molecule has 0 atom stereocenters. The molecule has 0 radical (unpaired) electrons. The molecule has 3 aromatic carbocycles. The topological polar surface area (TPSA) is 77.1 Å². The van der Waals surface area contributed by atoms with Gasteiger partial charge in [0.1, 0.15) is 22.9 Å². The monoisotopic (exact) mass is 430 g/mol. The van der Waals surface area contributed by atoms with Crippen molar-refractivity contribution in [3.8, 4) is 17.2 Å². The summed E-state index contributed by atoms with van der Waals surface area (Å²) in [6.07, 6.45) is 0. The Bertz CT molecular complexity index is 1220. The van der Waals surface area contributed by atoms with Gasteiger partial charge >= 0.3 is 0 Å². The van der Waals surface area contributed by atoms with Gasteiger partial charge in [0.15, 0.2) is 0 Å². The van der Waals surface area contributed by atoms with Crippen molar-refractivity contribution in [2.24, 2.45) is 0 Å². The molecule has 7 heteroatoms. The van der Waals surface area contributed by atoms with Gasteiger partial charge in [-0.25, -0.2) is 4.90 Å². The lowest BCUT2D eigenvalue weighted by atomic mass is 10.0. The van der Waals surface area contributed by atoms with E-state index in [0.29, 0.717) is 34.2 Å². The van der Waals surface area contributed by atoms with E-state index in [0.717, 1.165) is 4.90 Å². The third-order valence-electron chi connectivity index (χ3n) is 5.13. The number of methoxy groups -OCH3 is 3. The smallest absolute Gasteiger partial charge is 0.282 e. The minimum atomic E-state index is -0.497. The van der Waals surface area contributed by atoms with Gasteiger partial charge in [-0.2, -0.15) is 0 Å². The molecule has 1 heterocycles. The number of benzene rings is 3. The van der Waals surface area contributed by atoms with Crippen molar-refractivity contribution >= 4 is 28.8 Å². The summed E-state index contributed by atoms with van der Waals surface area (Å²) in [7, 11) is 4.58. The summed E-state index contributed by atoms with van der Waals surface area (Å²) in [6, 6.07) is 21.1. The van der Waals surface area contributed by atoms with E-state index >= 15 is 0 Å². The zero-order valence-electron chi connectivity index (χ0n) is 17.9. The number of anilines is 2. The molecule has 2 amide bonds. The minimum Gasteiger partial charge on any atom is -0.497 e. The largest absolute Gasteiger partial charge is 0.497 e. The number of carbonyl (C=O) groups excluding carboxylic acids is 2. The Morgan fingerprint density at radius 1 is 0.719 bits per heavy atom. The first-order chi connectivity index (χ1) is 15.6. The fourth-order valence-corrected chi connectivity index (χ4v) is 3.63. The maximum absolute atomic E-state index is 13.6. The fraction of sp³-hybridized carbons (Fsp3) is 0.120. The third-order valence-corrected chi connectivity index (χ3v) is 5.13. The van der Waals surface area contributed by atoms with Crippen LogP contribution in [0.5, 0.6) is 17.2 Å². The Kier molecular flexibility index (Phi) is 5.81. The van der Waals surface area contributed by atoms with E-state index in [2.05, 4.69) is 5.32 Å². The molecule has 3 aromatic rings. The van der Waals surface area contributed by atoms with Gasteiger partial charge < -0.3 is 19.5 Å². The van der Waals surface area contributed by atoms with Crippen LogP contribution in [-0.4, -0.2) is 33.1 Å². The lowest BCUT2D eigenvalue weighted by Gasteiger charge is -2.18. The van der Waals surface area contributed by atoms with Crippen LogP contribution in [0.15, 0.2) is 78.5 Å². The number of amides is 2. The molecule has 0 spiro atoms. The number of para-hydroxylation sites is 3. The highest BCUT2D eigenvalue weighted by Gasteiger charge is 2.42. The highest BCUT2D eigenvalue weighted by molar-refractivity contribution is 6.46.